The molecule has 1 aromatic carbocycles. The van der Waals surface area contributed by atoms with Gasteiger partial charge in [0, 0.05) is 29.3 Å². The summed E-state index contributed by atoms with van der Waals surface area (Å²) in [5.41, 5.74) is 0.924. The number of nitrogens with one attached hydrogen (secondary N) is 1. The zero-order chi connectivity index (χ0) is 15.9. The lowest BCUT2D eigenvalue weighted by Crippen LogP contribution is -2.33. The molecular weight excluding hydrogens is 298 g/mol. The van der Waals surface area contributed by atoms with E-state index >= 15 is 0 Å². The third-order valence-corrected chi connectivity index (χ3v) is 4.38. The molecule has 1 fully saturated rings. The molecule has 22 heavy (non-hydrogen) atoms. The molecule has 5 heteroatoms. The van der Waals surface area contributed by atoms with Gasteiger partial charge < -0.3 is 14.8 Å². The number of rotatable bonds is 7. The summed E-state index contributed by atoms with van der Waals surface area (Å²) in [6.07, 6.45) is 4.85. The second-order valence-corrected chi connectivity index (χ2v) is 6.13. The highest BCUT2D eigenvalue weighted by Crippen LogP contribution is 2.29. The van der Waals surface area contributed by atoms with Crippen LogP contribution in [0.25, 0.3) is 0 Å². The lowest BCUT2D eigenvalue weighted by Gasteiger charge is -2.14. The molecule has 0 radical (unpaired) electrons. The van der Waals surface area contributed by atoms with Gasteiger partial charge in [0.25, 0.3) is 0 Å². The molecule has 1 aliphatic rings. The molecule has 1 aliphatic carbocycles. The van der Waals surface area contributed by atoms with Gasteiger partial charge in [-0.15, -0.1) is 0 Å². The fourth-order valence-corrected chi connectivity index (χ4v) is 3.10. The first-order chi connectivity index (χ1) is 10.7. The van der Waals surface area contributed by atoms with E-state index in [9.17, 15) is 4.79 Å². The van der Waals surface area contributed by atoms with E-state index < -0.39 is 0 Å². The Morgan fingerprint density at radius 2 is 1.82 bits per heavy atom. The summed E-state index contributed by atoms with van der Waals surface area (Å²) < 4.78 is 10.7. The van der Waals surface area contributed by atoms with Crippen LogP contribution in [0.3, 0.4) is 0 Å². The minimum absolute atomic E-state index is 0.131. The van der Waals surface area contributed by atoms with Gasteiger partial charge in [-0.3, -0.25) is 4.79 Å². The Labute approximate surface area is 137 Å². The summed E-state index contributed by atoms with van der Waals surface area (Å²) >= 11 is 5.42. The van der Waals surface area contributed by atoms with E-state index in [0.29, 0.717) is 13.0 Å². The fraction of sp³-hybridized carbons (Fsp3) is 0.529. The van der Waals surface area contributed by atoms with Gasteiger partial charge >= 0.3 is 0 Å². The van der Waals surface area contributed by atoms with Crippen LogP contribution in [0.15, 0.2) is 18.2 Å². The van der Waals surface area contributed by atoms with Crippen LogP contribution in [0.5, 0.6) is 11.5 Å². The van der Waals surface area contributed by atoms with Gasteiger partial charge in [0.15, 0.2) is 0 Å². The van der Waals surface area contributed by atoms with Crippen molar-refractivity contribution in [3.63, 3.8) is 0 Å². The van der Waals surface area contributed by atoms with Crippen molar-refractivity contribution in [3.8, 4) is 11.5 Å². The number of carbonyl (C=O) groups is 1. The van der Waals surface area contributed by atoms with Crippen molar-refractivity contribution >= 4 is 23.0 Å². The molecule has 0 unspecified atom stereocenters. The van der Waals surface area contributed by atoms with Crippen LogP contribution in [0.1, 0.15) is 31.2 Å². The molecule has 0 spiro atoms. The lowest BCUT2D eigenvalue weighted by atomic mass is 10.1. The molecule has 0 aromatic heterocycles. The minimum Gasteiger partial charge on any atom is -0.496 e. The van der Waals surface area contributed by atoms with Crippen molar-refractivity contribution in [2.24, 2.45) is 5.92 Å². The van der Waals surface area contributed by atoms with Crippen LogP contribution in [0.2, 0.25) is 0 Å². The first-order valence-corrected chi connectivity index (χ1v) is 8.05. The molecule has 0 saturated heterocycles. The summed E-state index contributed by atoms with van der Waals surface area (Å²) in [4.78, 5) is 12.8. The predicted octanol–water partition coefficient (Wildman–Crippen LogP) is 2.92. The highest BCUT2D eigenvalue weighted by atomic mass is 32.1. The number of amides is 1. The third kappa shape index (κ3) is 4.19. The van der Waals surface area contributed by atoms with Crippen molar-refractivity contribution in [2.45, 2.75) is 32.1 Å². The average molecular weight is 321 g/mol. The van der Waals surface area contributed by atoms with Gasteiger partial charge in [-0.1, -0.05) is 31.1 Å². The zero-order valence-electron chi connectivity index (χ0n) is 13.2. The first-order valence-electron chi connectivity index (χ1n) is 7.65. The Bertz CT molecular complexity index is 516. The van der Waals surface area contributed by atoms with Gasteiger partial charge in [0.1, 0.15) is 11.5 Å². The maximum Gasteiger partial charge on any atom is 0.223 e. The molecular formula is C17H23NO3S. The van der Waals surface area contributed by atoms with Gasteiger partial charge in [-0.05, 0) is 25.0 Å². The summed E-state index contributed by atoms with van der Waals surface area (Å²) in [5.74, 6) is 1.81. The Morgan fingerprint density at radius 1 is 1.23 bits per heavy atom. The summed E-state index contributed by atoms with van der Waals surface area (Å²) in [7, 11) is 3.26. The topological polar surface area (TPSA) is 47.6 Å². The van der Waals surface area contributed by atoms with Crippen LogP contribution in [0, 0.1) is 5.92 Å². The van der Waals surface area contributed by atoms with Crippen LogP contribution < -0.4 is 14.8 Å². The molecule has 1 N–H and O–H groups in total. The molecule has 1 amide bonds. The highest BCUT2D eigenvalue weighted by molar-refractivity contribution is 7.80. The third-order valence-electron chi connectivity index (χ3n) is 4.09. The number of ether oxygens (including phenoxy) is 2. The summed E-state index contributed by atoms with van der Waals surface area (Å²) in [5, 5.41) is 2.96. The normalized spacial score (nSPS) is 14.6. The second-order valence-electron chi connectivity index (χ2n) is 5.56. The Kier molecular flexibility index (Phi) is 6.19. The quantitative estimate of drug-likeness (QED) is 0.785. The standard InChI is InChI=1S/C17H23NO3S/c1-20-15-8-5-9-16(21-2)14(15)10-13(22)11-18-17(19)12-6-3-4-7-12/h5,8-9,12H,3-4,6-7,10-11H2,1-2H3,(H,18,19). The molecule has 120 valence electrons. The molecule has 0 heterocycles. The molecule has 0 bridgehead atoms. The van der Waals surface area contributed by atoms with E-state index in [-0.39, 0.29) is 11.8 Å². The van der Waals surface area contributed by atoms with Crippen LogP contribution >= 0.6 is 12.2 Å². The van der Waals surface area contributed by atoms with Crippen molar-refractivity contribution < 1.29 is 14.3 Å². The number of hydrogen-bond acceptors (Lipinski definition) is 4. The largest absolute Gasteiger partial charge is 0.496 e. The van der Waals surface area contributed by atoms with Crippen LogP contribution in [0.4, 0.5) is 0 Å². The summed E-state index contributed by atoms with van der Waals surface area (Å²) in [6.45, 7) is 0.422. The highest BCUT2D eigenvalue weighted by Gasteiger charge is 2.22. The van der Waals surface area contributed by atoms with Gasteiger partial charge in [-0.25, -0.2) is 0 Å². The van der Waals surface area contributed by atoms with E-state index in [2.05, 4.69) is 5.32 Å². The molecule has 1 saturated carbocycles. The number of hydrogen-bond donors (Lipinski definition) is 1. The maximum atomic E-state index is 12.0. The number of benzene rings is 1. The average Bonchev–Trinajstić information content (AvgIpc) is 3.07. The number of carbonyl (C=O) groups excluding carboxylic acids is 1. The molecule has 4 nitrogen and oxygen atoms in total. The SMILES string of the molecule is COc1cccc(OC)c1CC(=S)CNC(=O)C1CCCC1. The first kappa shape index (κ1) is 16.7. The van der Waals surface area contributed by atoms with Gasteiger partial charge in [0.05, 0.1) is 14.2 Å². The van der Waals surface area contributed by atoms with E-state index in [1.54, 1.807) is 14.2 Å². The van der Waals surface area contributed by atoms with Crippen molar-refractivity contribution in [2.75, 3.05) is 20.8 Å². The van der Waals surface area contributed by atoms with Gasteiger partial charge in [-0.2, -0.15) is 0 Å². The predicted molar refractivity (Wildman–Crippen MR) is 90.8 cm³/mol. The number of methoxy groups -OCH3 is 2. The maximum absolute atomic E-state index is 12.0. The Balaban J connectivity index is 1.93. The molecule has 2 rings (SSSR count). The second kappa shape index (κ2) is 8.13. The van der Waals surface area contributed by atoms with Gasteiger partial charge in [0.2, 0.25) is 5.91 Å². The zero-order valence-corrected chi connectivity index (χ0v) is 14.0. The van der Waals surface area contributed by atoms with E-state index in [1.807, 2.05) is 18.2 Å². The monoisotopic (exact) mass is 321 g/mol. The smallest absolute Gasteiger partial charge is 0.223 e. The Hall–Kier alpha value is -1.62. The van der Waals surface area contributed by atoms with E-state index in [1.165, 1.54) is 0 Å². The molecule has 1 aromatic rings. The van der Waals surface area contributed by atoms with E-state index in [4.69, 9.17) is 21.7 Å². The fourth-order valence-electron chi connectivity index (χ4n) is 2.88. The molecule has 0 atom stereocenters. The lowest BCUT2D eigenvalue weighted by molar-refractivity contribution is -0.124. The van der Waals surface area contributed by atoms with Crippen LogP contribution in [-0.2, 0) is 11.2 Å². The van der Waals surface area contributed by atoms with E-state index in [0.717, 1.165) is 47.6 Å². The van der Waals surface area contributed by atoms with Crippen molar-refractivity contribution in [3.05, 3.63) is 23.8 Å². The summed E-state index contributed by atoms with van der Waals surface area (Å²) in [6, 6.07) is 5.65. The number of thiocarbonyl (C=S) groups is 1. The van der Waals surface area contributed by atoms with Crippen molar-refractivity contribution in [1.29, 1.82) is 0 Å². The van der Waals surface area contributed by atoms with Crippen molar-refractivity contribution in [1.82, 2.24) is 5.32 Å². The molecule has 0 aliphatic heterocycles. The van der Waals surface area contributed by atoms with Crippen LogP contribution in [-0.4, -0.2) is 31.5 Å². The Morgan fingerprint density at radius 3 is 2.36 bits per heavy atom. The minimum atomic E-state index is 0.131.